The van der Waals surface area contributed by atoms with E-state index in [-0.39, 0.29) is 49.5 Å². The van der Waals surface area contributed by atoms with Crippen LogP contribution < -0.4 is 9.62 Å². The van der Waals surface area contributed by atoms with E-state index >= 15 is 0 Å². The number of rotatable bonds is 13. The fourth-order valence-corrected chi connectivity index (χ4v) is 4.74. The van der Waals surface area contributed by atoms with E-state index < -0.39 is 27.7 Å². The van der Waals surface area contributed by atoms with Crippen molar-refractivity contribution in [3.8, 4) is 0 Å². The van der Waals surface area contributed by atoms with Gasteiger partial charge in [0.2, 0.25) is 21.8 Å². The molecule has 2 amide bonds. The Hall–Kier alpha value is -3.01. The third kappa shape index (κ3) is 8.29. The van der Waals surface area contributed by atoms with E-state index in [2.05, 4.69) is 5.32 Å². The van der Waals surface area contributed by atoms with Crippen LogP contribution in [0.2, 0.25) is 0 Å². The Morgan fingerprint density at radius 1 is 1.00 bits per heavy atom. The molecule has 1 N–H and O–H groups in total. The van der Waals surface area contributed by atoms with Crippen LogP contribution in [0.25, 0.3) is 0 Å². The minimum Gasteiger partial charge on any atom is -0.352 e. The lowest BCUT2D eigenvalue weighted by atomic mass is 10.1. The molecule has 0 saturated heterocycles. The number of nitrogens with zero attached hydrogens (tertiary/aromatic N) is 2. The van der Waals surface area contributed by atoms with Crippen LogP contribution in [0.4, 0.5) is 14.5 Å². The Bertz CT molecular complexity index is 1130. The number of amides is 2. The number of carbonyl (C=O) groups is 2. The summed E-state index contributed by atoms with van der Waals surface area (Å²) in [6.45, 7) is 5.81. The van der Waals surface area contributed by atoms with Gasteiger partial charge in [-0.15, -0.1) is 0 Å². The Labute approximate surface area is 212 Å². The molecule has 198 valence electrons. The van der Waals surface area contributed by atoms with E-state index in [0.29, 0.717) is 6.42 Å². The van der Waals surface area contributed by atoms with Crippen LogP contribution in [-0.2, 0) is 26.2 Å². The highest BCUT2D eigenvalue weighted by atomic mass is 32.2. The topological polar surface area (TPSA) is 86.8 Å². The summed E-state index contributed by atoms with van der Waals surface area (Å²) < 4.78 is 52.6. The first-order valence-electron chi connectivity index (χ1n) is 12.0. The van der Waals surface area contributed by atoms with Crippen LogP contribution in [-0.4, -0.2) is 50.0 Å². The molecule has 10 heteroatoms. The van der Waals surface area contributed by atoms with E-state index in [4.69, 9.17) is 0 Å². The van der Waals surface area contributed by atoms with Gasteiger partial charge >= 0.3 is 0 Å². The highest BCUT2D eigenvalue weighted by Gasteiger charge is 2.29. The molecule has 0 aliphatic heterocycles. The lowest BCUT2D eigenvalue weighted by Crippen LogP contribution is -2.50. The van der Waals surface area contributed by atoms with E-state index in [1.165, 1.54) is 11.0 Å². The number of hydrogen-bond donors (Lipinski definition) is 1. The lowest BCUT2D eigenvalue weighted by molar-refractivity contribution is -0.141. The van der Waals surface area contributed by atoms with E-state index in [1.807, 2.05) is 51.1 Å². The molecule has 2 rings (SSSR count). The number of benzene rings is 2. The first-order chi connectivity index (χ1) is 17.0. The highest BCUT2D eigenvalue weighted by Crippen LogP contribution is 2.22. The van der Waals surface area contributed by atoms with Crippen molar-refractivity contribution in [2.75, 3.05) is 17.1 Å². The summed E-state index contributed by atoms with van der Waals surface area (Å²) in [4.78, 5) is 27.8. The molecule has 0 aliphatic carbocycles. The van der Waals surface area contributed by atoms with Crippen molar-refractivity contribution in [2.24, 2.45) is 0 Å². The third-order valence-electron chi connectivity index (χ3n) is 5.93. The van der Waals surface area contributed by atoms with E-state index in [9.17, 15) is 26.8 Å². The summed E-state index contributed by atoms with van der Waals surface area (Å²) in [5.41, 5.74) is 0.838. The molecule has 0 heterocycles. The molecule has 36 heavy (non-hydrogen) atoms. The summed E-state index contributed by atoms with van der Waals surface area (Å²) in [6.07, 6.45) is 2.21. The Balaban J connectivity index is 2.21. The largest absolute Gasteiger partial charge is 0.352 e. The van der Waals surface area contributed by atoms with Crippen molar-refractivity contribution < 1.29 is 26.8 Å². The monoisotopic (exact) mass is 523 g/mol. The second-order valence-electron chi connectivity index (χ2n) is 8.79. The van der Waals surface area contributed by atoms with E-state index in [0.717, 1.165) is 34.7 Å². The standard InChI is InChI=1S/C26H35F2N3O4S/c1-5-19(3)29-26(33)24(6-2)30(18-20-11-8-7-9-12-20)25(32)13-10-16-31(36(4,34)35)21-14-15-22(27)23(28)17-21/h7-9,11-12,14-15,17,19,24H,5-6,10,13,16,18H2,1-4H3,(H,29,33)/t19-,24-/m1/s1. The van der Waals surface area contributed by atoms with Gasteiger partial charge in [0.25, 0.3) is 0 Å². The van der Waals surface area contributed by atoms with Gasteiger partial charge in [0.1, 0.15) is 6.04 Å². The number of hydrogen-bond acceptors (Lipinski definition) is 4. The van der Waals surface area contributed by atoms with Crippen molar-refractivity contribution in [1.82, 2.24) is 10.2 Å². The fourth-order valence-electron chi connectivity index (χ4n) is 3.78. The zero-order valence-corrected chi connectivity index (χ0v) is 22.0. The van der Waals surface area contributed by atoms with Gasteiger partial charge in [0.05, 0.1) is 11.9 Å². The third-order valence-corrected chi connectivity index (χ3v) is 7.12. The second-order valence-corrected chi connectivity index (χ2v) is 10.7. The minimum absolute atomic E-state index is 0.0237. The number of carbonyl (C=O) groups excluding carboxylic acids is 2. The zero-order chi connectivity index (χ0) is 26.9. The maximum absolute atomic E-state index is 13.7. The van der Waals surface area contributed by atoms with Gasteiger partial charge in [-0.05, 0) is 43.9 Å². The number of halogens is 2. The van der Waals surface area contributed by atoms with Crippen molar-refractivity contribution in [1.29, 1.82) is 0 Å². The molecule has 0 aliphatic rings. The summed E-state index contributed by atoms with van der Waals surface area (Å²) in [5.74, 6) is -2.79. The summed E-state index contributed by atoms with van der Waals surface area (Å²) >= 11 is 0. The quantitative estimate of drug-likeness (QED) is 0.426. The van der Waals surface area contributed by atoms with Crippen LogP contribution >= 0.6 is 0 Å². The molecular weight excluding hydrogens is 488 g/mol. The molecule has 7 nitrogen and oxygen atoms in total. The van der Waals surface area contributed by atoms with Gasteiger partial charge in [-0.3, -0.25) is 13.9 Å². The van der Waals surface area contributed by atoms with Crippen molar-refractivity contribution in [3.63, 3.8) is 0 Å². The average molecular weight is 524 g/mol. The smallest absolute Gasteiger partial charge is 0.243 e. The highest BCUT2D eigenvalue weighted by molar-refractivity contribution is 7.92. The van der Waals surface area contributed by atoms with Crippen LogP contribution in [0.3, 0.4) is 0 Å². The Morgan fingerprint density at radius 2 is 1.67 bits per heavy atom. The molecule has 0 fully saturated rings. The predicted molar refractivity (Wildman–Crippen MR) is 137 cm³/mol. The lowest BCUT2D eigenvalue weighted by Gasteiger charge is -2.32. The molecule has 0 spiro atoms. The van der Waals surface area contributed by atoms with Gasteiger partial charge in [-0.25, -0.2) is 17.2 Å². The van der Waals surface area contributed by atoms with Crippen LogP contribution in [0.1, 0.15) is 52.0 Å². The van der Waals surface area contributed by atoms with Crippen LogP contribution in [0, 0.1) is 11.6 Å². The number of sulfonamides is 1. The van der Waals surface area contributed by atoms with Gasteiger partial charge < -0.3 is 10.2 Å². The normalized spacial score (nSPS) is 13.1. The van der Waals surface area contributed by atoms with Crippen LogP contribution in [0.15, 0.2) is 48.5 Å². The Morgan fingerprint density at radius 3 is 2.22 bits per heavy atom. The number of nitrogens with one attached hydrogen (secondary N) is 1. The SMILES string of the molecule is CC[C@@H](C)NC(=O)[C@@H](CC)N(Cc1ccccc1)C(=O)CCCN(c1ccc(F)c(F)c1)S(C)(=O)=O. The molecule has 0 unspecified atom stereocenters. The maximum atomic E-state index is 13.7. The molecule has 2 aromatic rings. The van der Waals surface area contributed by atoms with Gasteiger partial charge in [-0.2, -0.15) is 0 Å². The maximum Gasteiger partial charge on any atom is 0.243 e. The molecule has 2 aromatic carbocycles. The van der Waals surface area contributed by atoms with Crippen molar-refractivity contribution in [3.05, 3.63) is 65.7 Å². The van der Waals surface area contributed by atoms with Crippen LogP contribution in [0.5, 0.6) is 0 Å². The van der Waals surface area contributed by atoms with Crippen molar-refractivity contribution in [2.45, 2.75) is 65.1 Å². The summed E-state index contributed by atoms with van der Waals surface area (Å²) in [6, 6.07) is 11.4. The molecule has 0 radical (unpaired) electrons. The molecule has 2 atom stereocenters. The van der Waals surface area contributed by atoms with Crippen molar-refractivity contribution >= 4 is 27.5 Å². The van der Waals surface area contributed by atoms with Gasteiger partial charge in [-0.1, -0.05) is 44.2 Å². The van der Waals surface area contributed by atoms with E-state index in [1.54, 1.807) is 0 Å². The first kappa shape index (κ1) is 29.2. The predicted octanol–water partition coefficient (Wildman–Crippen LogP) is 4.23. The molecule has 0 bridgehead atoms. The summed E-state index contributed by atoms with van der Waals surface area (Å²) in [7, 11) is -3.81. The summed E-state index contributed by atoms with van der Waals surface area (Å²) in [5, 5.41) is 2.94. The van der Waals surface area contributed by atoms with Gasteiger partial charge in [0.15, 0.2) is 11.6 Å². The molecule has 0 aromatic heterocycles. The molecule has 0 saturated carbocycles. The molecular formula is C26H35F2N3O4S. The average Bonchev–Trinajstić information content (AvgIpc) is 2.83. The second kappa shape index (κ2) is 13.3. The first-order valence-corrected chi connectivity index (χ1v) is 13.9. The Kier molecular flexibility index (Phi) is 10.8. The fraction of sp³-hybridized carbons (Fsp3) is 0.462. The zero-order valence-electron chi connectivity index (χ0n) is 21.2. The minimum atomic E-state index is -3.81. The van der Waals surface area contributed by atoms with Gasteiger partial charge in [0, 0.05) is 31.6 Å². The number of anilines is 1.